The van der Waals surface area contributed by atoms with Crippen LogP contribution in [0.4, 0.5) is 0 Å². The Bertz CT molecular complexity index is 615. The zero-order chi connectivity index (χ0) is 14.2. The number of benzene rings is 1. The van der Waals surface area contributed by atoms with Crippen LogP contribution in [-0.2, 0) is 22.8 Å². The van der Waals surface area contributed by atoms with Gasteiger partial charge in [-0.1, -0.05) is 15.9 Å². The topological polar surface area (TPSA) is 55.4 Å². The second kappa shape index (κ2) is 5.66. The number of rotatable bonds is 4. The minimum atomic E-state index is -2.78. The Hall–Kier alpha value is -0.590. The maximum atomic E-state index is 11.4. The van der Waals surface area contributed by atoms with E-state index in [2.05, 4.69) is 33.4 Å². The summed E-state index contributed by atoms with van der Waals surface area (Å²) < 4.78 is 29.6. The van der Waals surface area contributed by atoms with E-state index in [0.717, 1.165) is 48.3 Å². The number of hydrogen-bond acceptors (Lipinski definition) is 4. The van der Waals surface area contributed by atoms with Crippen LogP contribution < -0.4 is 10.1 Å². The van der Waals surface area contributed by atoms with Gasteiger partial charge in [-0.15, -0.1) is 0 Å². The Balaban J connectivity index is 1.60. The largest absolute Gasteiger partial charge is 0.493 e. The van der Waals surface area contributed by atoms with E-state index >= 15 is 0 Å². The van der Waals surface area contributed by atoms with Gasteiger partial charge in [0, 0.05) is 23.0 Å². The Morgan fingerprint density at radius 2 is 2.25 bits per heavy atom. The number of nitrogens with one attached hydrogen (secondary N) is 1. The molecule has 0 aliphatic carbocycles. The van der Waals surface area contributed by atoms with E-state index in [4.69, 9.17) is 4.74 Å². The van der Waals surface area contributed by atoms with Gasteiger partial charge in [-0.05, 0) is 36.6 Å². The summed E-state index contributed by atoms with van der Waals surface area (Å²) in [4.78, 5) is 0. The van der Waals surface area contributed by atoms with Gasteiger partial charge in [0.25, 0.3) is 0 Å². The van der Waals surface area contributed by atoms with E-state index in [9.17, 15) is 8.42 Å². The standard InChI is InChI=1S/C14H18BrNO3S/c15-13-5-11-1-3-19-14(11)12(6-13)8-16-7-10-2-4-20(17,18)9-10/h5-6,10,16H,1-4,7-9H2. The fourth-order valence-corrected chi connectivity index (χ4v) is 5.34. The maximum absolute atomic E-state index is 11.4. The van der Waals surface area contributed by atoms with Crippen molar-refractivity contribution >= 4 is 25.8 Å². The van der Waals surface area contributed by atoms with Gasteiger partial charge in [-0.3, -0.25) is 0 Å². The average molecular weight is 360 g/mol. The highest BCUT2D eigenvalue weighted by Gasteiger charge is 2.27. The monoisotopic (exact) mass is 359 g/mol. The van der Waals surface area contributed by atoms with Crippen LogP contribution in [0.25, 0.3) is 0 Å². The Morgan fingerprint density at radius 3 is 3.00 bits per heavy atom. The predicted octanol–water partition coefficient (Wildman–Crippen LogP) is 1.91. The second-order valence-electron chi connectivity index (χ2n) is 5.55. The van der Waals surface area contributed by atoms with Crippen LogP contribution in [0.2, 0.25) is 0 Å². The maximum Gasteiger partial charge on any atom is 0.150 e. The summed E-state index contributed by atoms with van der Waals surface area (Å²) in [7, 11) is -2.78. The van der Waals surface area contributed by atoms with Crippen molar-refractivity contribution in [2.45, 2.75) is 19.4 Å². The molecule has 6 heteroatoms. The van der Waals surface area contributed by atoms with Gasteiger partial charge in [0.05, 0.1) is 18.1 Å². The molecule has 20 heavy (non-hydrogen) atoms. The summed E-state index contributed by atoms with van der Waals surface area (Å²) in [5, 5.41) is 3.37. The number of hydrogen-bond donors (Lipinski definition) is 1. The van der Waals surface area contributed by atoms with Crippen molar-refractivity contribution in [2.75, 3.05) is 24.7 Å². The fraction of sp³-hybridized carbons (Fsp3) is 0.571. The third-order valence-corrected chi connectivity index (χ3v) is 6.20. The van der Waals surface area contributed by atoms with Crippen LogP contribution in [0.15, 0.2) is 16.6 Å². The minimum absolute atomic E-state index is 0.251. The minimum Gasteiger partial charge on any atom is -0.493 e. The van der Waals surface area contributed by atoms with Gasteiger partial charge in [-0.25, -0.2) is 8.42 Å². The molecule has 0 amide bonds. The first-order chi connectivity index (χ1) is 9.53. The highest BCUT2D eigenvalue weighted by Crippen LogP contribution is 2.32. The third kappa shape index (κ3) is 3.18. The molecule has 1 saturated heterocycles. The number of halogens is 1. The van der Waals surface area contributed by atoms with E-state index in [0.29, 0.717) is 11.5 Å². The average Bonchev–Trinajstić information content (AvgIpc) is 2.95. The summed E-state index contributed by atoms with van der Waals surface area (Å²) in [5.41, 5.74) is 2.40. The second-order valence-corrected chi connectivity index (χ2v) is 8.70. The van der Waals surface area contributed by atoms with Crippen LogP contribution in [-0.4, -0.2) is 33.1 Å². The van der Waals surface area contributed by atoms with E-state index < -0.39 is 9.84 Å². The zero-order valence-electron chi connectivity index (χ0n) is 11.2. The summed E-state index contributed by atoms with van der Waals surface area (Å²) >= 11 is 3.53. The molecule has 110 valence electrons. The molecule has 2 aliphatic rings. The first-order valence-electron chi connectivity index (χ1n) is 6.89. The van der Waals surface area contributed by atoms with E-state index in [1.54, 1.807) is 0 Å². The van der Waals surface area contributed by atoms with Crippen LogP contribution in [0.5, 0.6) is 5.75 Å². The number of fused-ring (bicyclic) bond motifs is 1. The molecule has 1 aromatic carbocycles. The van der Waals surface area contributed by atoms with Crippen molar-refractivity contribution in [1.82, 2.24) is 5.32 Å². The van der Waals surface area contributed by atoms with Gasteiger partial charge < -0.3 is 10.1 Å². The van der Waals surface area contributed by atoms with Gasteiger partial charge in [0.1, 0.15) is 5.75 Å². The molecule has 2 aliphatic heterocycles. The summed E-state index contributed by atoms with van der Waals surface area (Å²) in [5.74, 6) is 1.92. The van der Waals surface area contributed by atoms with Crippen molar-refractivity contribution < 1.29 is 13.2 Å². The highest BCUT2D eigenvalue weighted by molar-refractivity contribution is 9.10. The molecule has 4 nitrogen and oxygen atoms in total. The van der Waals surface area contributed by atoms with Crippen LogP contribution in [0.1, 0.15) is 17.5 Å². The van der Waals surface area contributed by atoms with E-state index in [-0.39, 0.29) is 5.92 Å². The lowest BCUT2D eigenvalue weighted by Crippen LogP contribution is -2.23. The molecule has 1 fully saturated rings. The van der Waals surface area contributed by atoms with Gasteiger partial charge in [0.15, 0.2) is 9.84 Å². The van der Waals surface area contributed by atoms with Crippen molar-refractivity contribution in [3.8, 4) is 5.75 Å². The smallest absolute Gasteiger partial charge is 0.150 e. The van der Waals surface area contributed by atoms with Crippen molar-refractivity contribution in [3.63, 3.8) is 0 Å². The van der Waals surface area contributed by atoms with Crippen LogP contribution in [0, 0.1) is 5.92 Å². The van der Waals surface area contributed by atoms with Crippen molar-refractivity contribution in [1.29, 1.82) is 0 Å². The van der Waals surface area contributed by atoms with Crippen LogP contribution >= 0.6 is 15.9 Å². The molecule has 0 saturated carbocycles. The molecular formula is C14H18BrNO3S. The molecule has 1 atom stereocenters. The Labute approximate surface area is 127 Å². The molecule has 1 N–H and O–H groups in total. The van der Waals surface area contributed by atoms with E-state index in [1.165, 1.54) is 5.56 Å². The van der Waals surface area contributed by atoms with Gasteiger partial charge in [0.2, 0.25) is 0 Å². The van der Waals surface area contributed by atoms with Gasteiger partial charge in [-0.2, -0.15) is 0 Å². The number of ether oxygens (including phenoxy) is 1. The first-order valence-corrected chi connectivity index (χ1v) is 9.50. The van der Waals surface area contributed by atoms with Crippen molar-refractivity contribution in [3.05, 3.63) is 27.7 Å². The molecule has 2 heterocycles. The molecule has 1 aromatic rings. The predicted molar refractivity (Wildman–Crippen MR) is 81.8 cm³/mol. The Morgan fingerprint density at radius 1 is 1.40 bits per heavy atom. The van der Waals surface area contributed by atoms with Crippen LogP contribution in [0.3, 0.4) is 0 Å². The molecular weight excluding hydrogens is 342 g/mol. The SMILES string of the molecule is O=S1(=O)CCC(CNCc2cc(Br)cc3c2OCC3)C1. The molecule has 3 rings (SSSR count). The molecule has 0 spiro atoms. The number of sulfone groups is 1. The van der Waals surface area contributed by atoms with Gasteiger partial charge >= 0.3 is 0 Å². The lowest BCUT2D eigenvalue weighted by molar-refractivity contribution is 0.352. The molecule has 1 unspecified atom stereocenters. The Kier molecular flexibility index (Phi) is 4.06. The summed E-state index contributed by atoms with van der Waals surface area (Å²) in [6.07, 6.45) is 1.74. The first kappa shape index (κ1) is 14.4. The zero-order valence-corrected chi connectivity index (χ0v) is 13.6. The lowest BCUT2D eigenvalue weighted by atomic mass is 10.1. The van der Waals surface area contributed by atoms with Crippen molar-refractivity contribution in [2.24, 2.45) is 5.92 Å². The lowest BCUT2D eigenvalue weighted by Gasteiger charge is -2.12. The summed E-state index contributed by atoms with van der Waals surface area (Å²) in [6, 6.07) is 4.18. The fourth-order valence-electron chi connectivity index (χ4n) is 2.92. The normalized spacial score (nSPS) is 23.6. The molecule has 0 bridgehead atoms. The molecule has 0 radical (unpaired) electrons. The van der Waals surface area contributed by atoms with E-state index in [1.807, 2.05) is 0 Å². The summed E-state index contributed by atoms with van der Waals surface area (Å²) in [6.45, 7) is 2.22. The quantitative estimate of drug-likeness (QED) is 0.891. The highest BCUT2D eigenvalue weighted by atomic mass is 79.9. The third-order valence-electron chi connectivity index (χ3n) is 3.90. The molecule has 0 aromatic heterocycles.